The van der Waals surface area contributed by atoms with Crippen molar-refractivity contribution in [2.75, 3.05) is 25.0 Å². The second kappa shape index (κ2) is 8.16. The number of carbonyl (C=O) groups is 1. The van der Waals surface area contributed by atoms with Crippen molar-refractivity contribution in [3.63, 3.8) is 0 Å². The van der Waals surface area contributed by atoms with E-state index < -0.39 is 10.0 Å². The molecule has 1 aromatic carbocycles. The van der Waals surface area contributed by atoms with Crippen LogP contribution in [0.25, 0.3) is 0 Å². The van der Waals surface area contributed by atoms with E-state index in [2.05, 4.69) is 5.32 Å². The topological polar surface area (TPSA) is 102 Å². The lowest BCUT2D eigenvalue weighted by molar-refractivity contribution is -0.119. The first kappa shape index (κ1) is 19.7. The molecule has 2 unspecified atom stereocenters. The summed E-state index contributed by atoms with van der Waals surface area (Å²) in [7, 11) is -3.65. The van der Waals surface area contributed by atoms with E-state index in [9.17, 15) is 13.2 Å². The molecule has 1 fully saturated rings. The zero-order valence-electron chi connectivity index (χ0n) is 15.0. The first-order chi connectivity index (χ1) is 11.8. The van der Waals surface area contributed by atoms with Gasteiger partial charge in [-0.15, -0.1) is 0 Å². The number of carbonyl (C=O) groups excluding carboxylic acids is 1. The van der Waals surface area contributed by atoms with E-state index >= 15 is 0 Å². The molecule has 0 bridgehead atoms. The molecule has 1 heterocycles. The smallest absolute Gasteiger partial charge is 0.246 e. The number of rotatable bonds is 7. The molecule has 1 saturated heterocycles. The third-order valence-electron chi connectivity index (χ3n) is 4.40. The van der Waals surface area contributed by atoms with Gasteiger partial charge in [0, 0.05) is 24.8 Å². The molecular weight excluding hydrogens is 342 g/mol. The van der Waals surface area contributed by atoms with E-state index in [0.29, 0.717) is 31.1 Å². The Morgan fingerprint density at radius 2 is 1.96 bits per heavy atom. The van der Waals surface area contributed by atoms with Gasteiger partial charge in [-0.25, -0.2) is 8.42 Å². The van der Waals surface area contributed by atoms with E-state index in [1.807, 2.05) is 0 Å². The van der Waals surface area contributed by atoms with Gasteiger partial charge in [0.25, 0.3) is 0 Å². The monoisotopic (exact) mass is 369 g/mol. The number of hydrogen-bond acceptors (Lipinski definition) is 5. The van der Waals surface area contributed by atoms with Crippen molar-refractivity contribution >= 4 is 21.6 Å². The van der Waals surface area contributed by atoms with Crippen molar-refractivity contribution < 1.29 is 17.9 Å². The summed E-state index contributed by atoms with van der Waals surface area (Å²) < 4.78 is 32.8. The molecule has 1 aromatic rings. The van der Waals surface area contributed by atoms with Crippen LogP contribution in [0.4, 0.5) is 5.69 Å². The van der Waals surface area contributed by atoms with Crippen molar-refractivity contribution in [2.45, 2.75) is 44.6 Å². The average Bonchev–Trinajstić information content (AvgIpc) is 3.10. The summed E-state index contributed by atoms with van der Waals surface area (Å²) in [6, 6.07) is 4.39. The fraction of sp³-hybridized carbons (Fsp3) is 0.588. The molecule has 7 nitrogen and oxygen atoms in total. The highest BCUT2D eigenvalue weighted by Gasteiger charge is 2.30. The molecule has 3 N–H and O–H groups in total. The largest absolute Gasteiger partial charge is 0.492 e. The van der Waals surface area contributed by atoms with Gasteiger partial charge in [0.05, 0.1) is 12.5 Å². The average molecular weight is 369 g/mol. The Morgan fingerprint density at radius 3 is 2.52 bits per heavy atom. The number of anilines is 1. The minimum Gasteiger partial charge on any atom is -0.492 e. The highest BCUT2D eigenvalue weighted by atomic mass is 32.2. The molecule has 0 aromatic heterocycles. The molecule has 1 amide bonds. The molecule has 140 valence electrons. The quantitative estimate of drug-likeness (QED) is 0.763. The highest BCUT2D eigenvalue weighted by molar-refractivity contribution is 7.89. The number of ether oxygens (including phenoxy) is 1. The number of benzene rings is 1. The minimum atomic E-state index is -3.65. The lowest BCUT2D eigenvalue weighted by atomic mass is 10.0. The Bertz CT molecular complexity index is 713. The first-order valence-electron chi connectivity index (χ1n) is 8.60. The van der Waals surface area contributed by atoms with Crippen molar-refractivity contribution in [2.24, 2.45) is 11.7 Å². The summed E-state index contributed by atoms with van der Waals surface area (Å²) in [5, 5.41) is 2.74. The van der Waals surface area contributed by atoms with Crippen LogP contribution in [-0.4, -0.2) is 44.4 Å². The molecule has 8 heteroatoms. The zero-order chi connectivity index (χ0) is 18.6. The first-order valence-corrected chi connectivity index (χ1v) is 10.0. The third-order valence-corrected chi connectivity index (χ3v) is 6.32. The van der Waals surface area contributed by atoms with Gasteiger partial charge in [-0.1, -0.05) is 6.92 Å². The molecule has 2 rings (SSSR count). The van der Waals surface area contributed by atoms with Crippen molar-refractivity contribution in [1.82, 2.24) is 4.31 Å². The van der Waals surface area contributed by atoms with Gasteiger partial charge in [-0.3, -0.25) is 4.79 Å². The number of sulfonamides is 1. The van der Waals surface area contributed by atoms with Crippen LogP contribution in [0.5, 0.6) is 5.75 Å². The number of hydrogen-bond donors (Lipinski definition) is 2. The maximum Gasteiger partial charge on any atom is 0.246 e. The summed E-state index contributed by atoms with van der Waals surface area (Å²) >= 11 is 0. The molecule has 0 aliphatic carbocycles. The Labute approximate surface area is 149 Å². The summed E-state index contributed by atoms with van der Waals surface area (Å²) in [5.74, 6) is -0.332. The van der Waals surface area contributed by atoms with Crippen LogP contribution < -0.4 is 15.8 Å². The third kappa shape index (κ3) is 4.50. The normalized spacial score (nSPS) is 17.9. The summed E-state index contributed by atoms with van der Waals surface area (Å²) in [6.45, 7) is 6.66. The Balaban J connectivity index is 2.35. The molecule has 25 heavy (non-hydrogen) atoms. The van der Waals surface area contributed by atoms with E-state index in [4.69, 9.17) is 10.5 Å². The zero-order valence-corrected chi connectivity index (χ0v) is 15.8. The van der Waals surface area contributed by atoms with Crippen LogP contribution in [0.2, 0.25) is 0 Å². The van der Waals surface area contributed by atoms with Gasteiger partial charge < -0.3 is 15.8 Å². The van der Waals surface area contributed by atoms with E-state index in [1.54, 1.807) is 32.9 Å². The maximum atomic E-state index is 12.9. The number of nitrogens with one attached hydrogen (secondary N) is 1. The van der Waals surface area contributed by atoms with Gasteiger partial charge in [0.2, 0.25) is 15.9 Å². The number of amides is 1. The Kier molecular flexibility index (Phi) is 6.42. The van der Waals surface area contributed by atoms with Gasteiger partial charge in [0.1, 0.15) is 10.6 Å². The minimum absolute atomic E-state index is 0.0856. The Morgan fingerprint density at radius 1 is 1.32 bits per heavy atom. The predicted molar refractivity (Wildman–Crippen MR) is 97.0 cm³/mol. The van der Waals surface area contributed by atoms with Crippen LogP contribution in [0.15, 0.2) is 23.1 Å². The fourth-order valence-corrected chi connectivity index (χ4v) is 4.30. The second-order valence-corrected chi connectivity index (χ2v) is 8.25. The van der Waals surface area contributed by atoms with Crippen LogP contribution in [0.3, 0.4) is 0 Å². The predicted octanol–water partition coefficient (Wildman–Crippen LogP) is 1.79. The summed E-state index contributed by atoms with van der Waals surface area (Å²) in [5.41, 5.74) is 6.17. The van der Waals surface area contributed by atoms with Crippen LogP contribution in [0.1, 0.15) is 33.6 Å². The fourth-order valence-electron chi connectivity index (χ4n) is 2.62. The van der Waals surface area contributed by atoms with E-state index in [1.165, 1.54) is 10.4 Å². The SMILES string of the molecule is CCOc1ccc(NC(=O)C(C)C(C)N)cc1S(=O)(=O)N1CCCC1. The van der Waals surface area contributed by atoms with Crippen LogP contribution in [-0.2, 0) is 14.8 Å². The maximum absolute atomic E-state index is 12.9. The molecule has 1 aliphatic rings. The molecule has 0 radical (unpaired) electrons. The van der Waals surface area contributed by atoms with Crippen LogP contribution >= 0.6 is 0 Å². The molecule has 1 aliphatic heterocycles. The lowest BCUT2D eigenvalue weighted by Crippen LogP contribution is -2.34. The number of nitrogens with two attached hydrogens (primary N) is 1. The molecule has 0 saturated carbocycles. The number of nitrogens with zero attached hydrogens (tertiary/aromatic N) is 1. The van der Waals surface area contributed by atoms with Gasteiger partial charge in [0.15, 0.2) is 0 Å². The van der Waals surface area contributed by atoms with Crippen molar-refractivity contribution in [3.8, 4) is 5.75 Å². The van der Waals surface area contributed by atoms with Crippen LogP contribution in [0, 0.1) is 5.92 Å². The standard InChI is InChI=1S/C17H27N3O4S/c1-4-24-15-8-7-14(19-17(21)12(2)13(3)18)11-16(15)25(22,23)20-9-5-6-10-20/h7-8,11-13H,4-6,9-10,18H2,1-3H3,(H,19,21). The highest BCUT2D eigenvalue weighted by Crippen LogP contribution is 2.31. The summed E-state index contributed by atoms with van der Waals surface area (Å²) in [4.78, 5) is 12.3. The lowest BCUT2D eigenvalue weighted by Gasteiger charge is -2.20. The van der Waals surface area contributed by atoms with Gasteiger partial charge in [-0.2, -0.15) is 4.31 Å². The van der Waals surface area contributed by atoms with E-state index in [-0.39, 0.29) is 22.8 Å². The molecule has 2 atom stereocenters. The van der Waals surface area contributed by atoms with Gasteiger partial charge in [-0.05, 0) is 44.9 Å². The Hall–Kier alpha value is -1.64. The second-order valence-electron chi connectivity index (χ2n) is 6.34. The van der Waals surface area contributed by atoms with E-state index in [0.717, 1.165) is 12.8 Å². The molecule has 0 spiro atoms. The van der Waals surface area contributed by atoms with Crippen molar-refractivity contribution in [3.05, 3.63) is 18.2 Å². The summed E-state index contributed by atoms with van der Waals surface area (Å²) in [6.07, 6.45) is 1.71. The van der Waals surface area contributed by atoms with Gasteiger partial charge >= 0.3 is 0 Å². The molecular formula is C17H27N3O4S. The van der Waals surface area contributed by atoms with Crippen molar-refractivity contribution in [1.29, 1.82) is 0 Å².